The zero-order valence-electron chi connectivity index (χ0n) is 15.5. The Balaban J connectivity index is 2.37. The van der Waals surface area contributed by atoms with Gasteiger partial charge in [0.25, 0.3) is 11.1 Å². The van der Waals surface area contributed by atoms with Gasteiger partial charge in [-0.2, -0.15) is 0 Å². The maximum atomic E-state index is 13.2. The third kappa shape index (κ3) is 4.06. The Morgan fingerprint density at radius 3 is 1.81 bits per heavy atom. The topological polar surface area (TPSA) is 44.0 Å². The first kappa shape index (κ1) is 18.4. The molecule has 0 fully saturated rings. The maximum Gasteiger partial charge on any atom is 0.275 e. The van der Waals surface area contributed by atoms with E-state index in [1.54, 1.807) is 19.2 Å². The molecule has 0 radical (unpaired) electrons. The smallest absolute Gasteiger partial charge is 0.275 e. The van der Waals surface area contributed by atoms with Gasteiger partial charge < -0.3 is 4.57 Å². The molecule has 4 heteroatoms. The first-order valence-corrected chi connectivity index (χ1v) is 8.86. The fourth-order valence-corrected chi connectivity index (χ4v) is 2.89. The Bertz CT molecular complexity index is 1190. The highest BCUT2D eigenvalue weighted by atomic mass is 16.1. The summed E-state index contributed by atoms with van der Waals surface area (Å²) >= 11 is 0. The molecule has 0 aliphatic rings. The zero-order valence-corrected chi connectivity index (χ0v) is 15.5. The van der Waals surface area contributed by atoms with Crippen LogP contribution < -0.4 is 21.8 Å². The first-order valence-electron chi connectivity index (χ1n) is 8.86. The maximum absolute atomic E-state index is 13.2. The van der Waals surface area contributed by atoms with E-state index in [1.807, 2.05) is 79.7 Å². The minimum Gasteiger partial charge on any atom is -0.305 e. The predicted octanol–water partition coefficient (Wildman–Crippen LogP) is 1.78. The molecule has 0 N–H and O–H groups in total. The summed E-state index contributed by atoms with van der Waals surface area (Å²) in [6, 6.07) is 19.1. The Morgan fingerprint density at radius 1 is 0.778 bits per heavy atom. The van der Waals surface area contributed by atoms with Crippen LogP contribution in [0.25, 0.3) is 12.2 Å². The van der Waals surface area contributed by atoms with Crippen molar-refractivity contribution in [2.45, 2.75) is 13.5 Å². The quantitative estimate of drug-likeness (QED) is 0.668. The van der Waals surface area contributed by atoms with Crippen LogP contribution >= 0.6 is 0 Å². The summed E-state index contributed by atoms with van der Waals surface area (Å²) in [5, 5.41) is 0.734. The second-order valence-electron chi connectivity index (χ2n) is 6.23. The molecule has 1 aromatic heterocycles. The normalized spacial score (nSPS) is 12.8. The van der Waals surface area contributed by atoms with Crippen LogP contribution in [0.4, 0.5) is 0 Å². The lowest BCUT2D eigenvalue weighted by Gasteiger charge is -2.08. The van der Waals surface area contributed by atoms with E-state index in [0.717, 1.165) is 11.1 Å². The zero-order chi connectivity index (χ0) is 19.2. The average molecular weight is 358 g/mol. The molecule has 0 aliphatic heterocycles. The van der Waals surface area contributed by atoms with Crippen LogP contribution in [0.5, 0.6) is 0 Å². The summed E-state index contributed by atoms with van der Waals surface area (Å²) in [6.07, 6.45) is 7.26. The summed E-state index contributed by atoms with van der Waals surface area (Å²) in [4.78, 5) is 26.2. The number of hydrogen-bond donors (Lipinski definition) is 0. The molecule has 4 nitrogen and oxygen atoms in total. The van der Waals surface area contributed by atoms with Gasteiger partial charge in [-0.05, 0) is 30.2 Å². The third-order valence-corrected chi connectivity index (χ3v) is 4.37. The number of aromatic nitrogens is 2. The van der Waals surface area contributed by atoms with Crippen molar-refractivity contribution in [2.24, 2.45) is 7.05 Å². The Kier molecular flexibility index (Phi) is 5.67. The molecule has 27 heavy (non-hydrogen) atoms. The number of allylic oxidation sites excluding steroid dienone is 2. The molecule has 136 valence electrons. The highest BCUT2D eigenvalue weighted by Gasteiger charge is 2.07. The van der Waals surface area contributed by atoms with Crippen molar-refractivity contribution < 1.29 is 0 Å². The number of hydrogen-bond acceptors (Lipinski definition) is 2. The standard InChI is InChI=1S/C23H22N2O2/c1-3-4-15-25-21(17-19-13-9-6-10-14-19)22(26)24(2)20(23(25)27)16-18-11-7-5-8-12-18/h3-14,16-17H,15H2,1-2H3/b4-3?,20-16-,21-17-. The van der Waals surface area contributed by atoms with Gasteiger partial charge in [0.05, 0.1) is 0 Å². The molecule has 1 heterocycles. The van der Waals surface area contributed by atoms with Gasteiger partial charge in [-0.3, -0.25) is 14.2 Å². The van der Waals surface area contributed by atoms with E-state index < -0.39 is 0 Å². The van der Waals surface area contributed by atoms with Gasteiger partial charge in [-0.1, -0.05) is 72.8 Å². The van der Waals surface area contributed by atoms with Crippen LogP contribution in [-0.2, 0) is 13.6 Å². The number of benzene rings is 2. The second kappa shape index (κ2) is 8.32. The first-order chi connectivity index (χ1) is 13.1. The summed E-state index contributed by atoms with van der Waals surface area (Å²) in [5.41, 5.74) is 1.36. The van der Waals surface area contributed by atoms with Crippen molar-refractivity contribution in [3.05, 3.63) is 115 Å². The van der Waals surface area contributed by atoms with Crippen molar-refractivity contribution >= 4 is 12.2 Å². The van der Waals surface area contributed by atoms with Crippen molar-refractivity contribution in [1.29, 1.82) is 0 Å². The SMILES string of the molecule is CC=CCn1c(=O)/c(=C/c2ccccc2)n(C)c(=O)/c1=C/c1ccccc1. The molecule has 0 saturated carbocycles. The lowest BCUT2D eigenvalue weighted by Crippen LogP contribution is -2.57. The molecule has 0 saturated heterocycles. The van der Waals surface area contributed by atoms with Crippen LogP contribution in [0.3, 0.4) is 0 Å². The second-order valence-corrected chi connectivity index (χ2v) is 6.23. The van der Waals surface area contributed by atoms with Crippen LogP contribution in [0.1, 0.15) is 18.1 Å². The predicted molar refractivity (Wildman–Crippen MR) is 110 cm³/mol. The summed E-state index contributed by atoms with van der Waals surface area (Å²) in [7, 11) is 1.64. The Hall–Kier alpha value is -3.40. The minimum absolute atomic E-state index is 0.193. The molecular weight excluding hydrogens is 336 g/mol. The van der Waals surface area contributed by atoms with Gasteiger partial charge >= 0.3 is 0 Å². The fraction of sp³-hybridized carbons (Fsp3) is 0.130. The van der Waals surface area contributed by atoms with E-state index in [9.17, 15) is 9.59 Å². The van der Waals surface area contributed by atoms with Gasteiger partial charge in [-0.25, -0.2) is 0 Å². The molecule has 0 bridgehead atoms. The van der Waals surface area contributed by atoms with Gasteiger partial charge in [0.1, 0.15) is 10.7 Å². The van der Waals surface area contributed by atoms with E-state index in [1.165, 1.54) is 9.13 Å². The summed E-state index contributed by atoms with van der Waals surface area (Å²) in [6.45, 7) is 2.24. The van der Waals surface area contributed by atoms with Crippen LogP contribution in [0.2, 0.25) is 0 Å². The monoisotopic (exact) mass is 358 g/mol. The van der Waals surface area contributed by atoms with Crippen LogP contribution in [0, 0.1) is 0 Å². The third-order valence-electron chi connectivity index (χ3n) is 4.37. The lowest BCUT2D eigenvalue weighted by atomic mass is 10.2. The van der Waals surface area contributed by atoms with Gasteiger partial charge in [0.15, 0.2) is 0 Å². The van der Waals surface area contributed by atoms with E-state index >= 15 is 0 Å². The largest absolute Gasteiger partial charge is 0.305 e. The Morgan fingerprint density at radius 2 is 1.30 bits per heavy atom. The molecule has 3 rings (SSSR count). The number of rotatable bonds is 4. The van der Waals surface area contributed by atoms with Crippen molar-refractivity contribution in [2.75, 3.05) is 0 Å². The van der Waals surface area contributed by atoms with E-state index in [4.69, 9.17) is 0 Å². The Labute approximate surface area is 157 Å². The molecular formula is C23H22N2O2. The summed E-state index contributed by atoms with van der Waals surface area (Å²) in [5.74, 6) is 0. The van der Waals surface area contributed by atoms with Crippen molar-refractivity contribution in [3.63, 3.8) is 0 Å². The van der Waals surface area contributed by atoms with E-state index in [2.05, 4.69) is 0 Å². The molecule has 0 unspecified atom stereocenters. The average Bonchev–Trinajstić information content (AvgIpc) is 2.70. The molecule has 0 aliphatic carbocycles. The van der Waals surface area contributed by atoms with Crippen LogP contribution in [-0.4, -0.2) is 9.13 Å². The minimum atomic E-state index is -0.204. The molecule has 3 aromatic rings. The summed E-state index contributed by atoms with van der Waals surface area (Å²) < 4.78 is 2.96. The van der Waals surface area contributed by atoms with Crippen molar-refractivity contribution in [1.82, 2.24) is 9.13 Å². The fourth-order valence-electron chi connectivity index (χ4n) is 2.89. The number of nitrogens with zero attached hydrogens (tertiary/aromatic N) is 2. The van der Waals surface area contributed by atoms with E-state index in [0.29, 0.717) is 17.2 Å². The van der Waals surface area contributed by atoms with E-state index in [-0.39, 0.29) is 11.1 Å². The molecule has 0 atom stereocenters. The van der Waals surface area contributed by atoms with Gasteiger partial charge in [0, 0.05) is 13.6 Å². The van der Waals surface area contributed by atoms with Crippen LogP contribution in [0.15, 0.2) is 82.4 Å². The van der Waals surface area contributed by atoms with Gasteiger partial charge in [-0.15, -0.1) is 0 Å². The van der Waals surface area contributed by atoms with Gasteiger partial charge in [0.2, 0.25) is 0 Å². The lowest BCUT2D eigenvalue weighted by molar-refractivity contribution is 0.663. The highest BCUT2D eigenvalue weighted by molar-refractivity contribution is 5.49. The highest BCUT2D eigenvalue weighted by Crippen LogP contribution is 1.98. The van der Waals surface area contributed by atoms with Crippen molar-refractivity contribution in [3.8, 4) is 0 Å². The molecule has 0 amide bonds. The molecule has 2 aromatic carbocycles. The molecule has 0 spiro atoms.